The molecule has 0 amide bonds. The largest absolute Gasteiger partial charge is 0.465 e. The zero-order valence-corrected chi connectivity index (χ0v) is 11.6. The van der Waals surface area contributed by atoms with Gasteiger partial charge in [0.05, 0.1) is 12.7 Å². The number of aryl methyl sites for hydroxylation is 1. The Kier molecular flexibility index (Phi) is 4.25. The molecule has 0 fully saturated rings. The monoisotopic (exact) mass is 270 g/mol. The maximum absolute atomic E-state index is 11.3. The number of hydrogen-bond acceptors (Lipinski definition) is 4. The van der Waals surface area contributed by atoms with Crippen molar-refractivity contribution >= 4 is 17.3 Å². The van der Waals surface area contributed by atoms with Gasteiger partial charge in [-0.05, 0) is 42.3 Å². The number of esters is 1. The fourth-order valence-electron chi connectivity index (χ4n) is 1.83. The molecule has 4 heteroatoms. The molecule has 0 unspecified atom stereocenters. The quantitative estimate of drug-likeness (QED) is 0.662. The van der Waals surface area contributed by atoms with Crippen molar-refractivity contribution < 1.29 is 9.53 Å². The lowest BCUT2D eigenvalue weighted by atomic mass is 10.1. The van der Waals surface area contributed by atoms with Crippen LogP contribution in [-0.4, -0.2) is 13.1 Å². The summed E-state index contributed by atoms with van der Waals surface area (Å²) in [4.78, 5) is 11.3. The third-order valence-corrected chi connectivity index (χ3v) is 3.15. The lowest BCUT2D eigenvalue weighted by Gasteiger charge is -2.09. The fraction of sp³-hybridized carbons (Fsp3) is 0.188. The summed E-state index contributed by atoms with van der Waals surface area (Å²) in [5, 5.41) is 3.30. The minimum atomic E-state index is -0.323. The number of nitrogens with two attached hydrogens (primary N) is 1. The molecule has 0 aliphatic heterocycles. The van der Waals surface area contributed by atoms with Crippen molar-refractivity contribution in [2.24, 2.45) is 0 Å². The molecule has 2 aromatic carbocycles. The number of nitrogens with one attached hydrogen (secondary N) is 1. The van der Waals surface area contributed by atoms with E-state index in [1.165, 1.54) is 7.11 Å². The second-order valence-corrected chi connectivity index (χ2v) is 4.61. The van der Waals surface area contributed by atoms with Crippen molar-refractivity contribution in [3.63, 3.8) is 0 Å². The highest BCUT2D eigenvalue weighted by Gasteiger charge is 2.04. The molecule has 0 spiro atoms. The van der Waals surface area contributed by atoms with Crippen LogP contribution in [0.4, 0.5) is 11.4 Å². The van der Waals surface area contributed by atoms with Crippen LogP contribution in [0.3, 0.4) is 0 Å². The molecule has 2 aromatic rings. The van der Waals surface area contributed by atoms with E-state index >= 15 is 0 Å². The molecule has 2 rings (SSSR count). The highest BCUT2D eigenvalue weighted by molar-refractivity contribution is 5.89. The molecule has 3 N–H and O–H groups in total. The van der Waals surface area contributed by atoms with E-state index < -0.39 is 0 Å². The lowest BCUT2D eigenvalue weighted by molar-refractivity contribution is 0.0600. The Bertz CT molecular complexity index is 606. The van der Waals surface area contributed by atoms with E-state index in [1.807, 2.05) is 37.3 Å². The van der Waals surface area contributed by atoms with Crippen LogP contribution in [0.2, 0.25) is 0 Å². The summed E-state index contributed by atoms with van der Waals surface area (Å²) >= 11 is 0. The van der Waals surface area contributed by atoms with E-state index in [1.54, 1.807) is 12.1 Å². The average molecular weight is 270 g/mol. The van der Waals surface area contributed by atoms with Crippen molar-refractivity contribution in [1.82, 2.24) is 0 Å². The van der Waals surface area contributed by atoms with E-state index in [2.05, 4.69) is 10.1 Å². The fourth-order valence-corrected chi connectivity index (χ4v) is 1.83. The van der Waals surface area contributed by atoms with Gasteiger partial charge in [-0.1, -0.05) is 18.2 Å². The Morgan fingerprint density at radius 3 is 2.50 bits per heavy atom. The minimum absolute atomic E-state index is 0.323. The molecule has 0 heterocycles. The van der Waals surface area contributed by atoms with Crippen LogP contribution in [0.15, 0.2) is 42.5 Å². The summed E-state index contributed by atoms with van der Waals surface area (Å²) in [6.45, 7) is 2.65. The van der Waals surface area contributed by atoms with Crippen molar-refractivity contribution in [2.45, 2.75) is 13.5 Å². The minimum Gasteiger partial charge on any atom is -0.465 e. The van der Waals surface area contributed by atoms with Gasteiger partial charge in [-0.2, -0.15) is 0 Å². The SMILES string of the molecule is COC(=O)c1ccc(CNc2ccc(C)c(N)c2)cc1. The normalized spacial score (nSPS) is 10.1. The van der Waals surface area contributed by atoms with E-state index in [9.17, 15) is 4.79 Å². The third-order valence-electron chi connectivity index (χ3n) is 3.15. The predicted octanol–water partition coefficient (Wildman–Crippen LogP) is 2.98. The van der Waals surface area contributed by atoms with E-state index in [-0.39, 0.29) is 5.97 Å². The number of carbonyl (C=O) groups excluding carboxylic acids is 1. The Labute approximate surface area is 118 Å². The molecule has 0 aromatic heterocycles. The first-order valence-corrected chi connectivity index (χ1v) is 6.37. The molecule has 0 saturated carbocycles. The summed E-state index contributed by atoms with van der Waals surface area (Å²) < 4.78 is 4.66. The maximum Gasteiger partial charge on any atom is 0.337 e. The van der Waals surface area contributed by atoms with Gasteiger partial charge >= 0.3 is 5.97 Å². The molecule has 0 saturated heterocycles. The number of benzene rings is 2. The van der Waals surface area contributed by atoms with Crippen LogP contribution in [-0.2, 0) is 11.3 Å². The summed E-state index contributed by atoms with van der Waals surface area (Å²) in [5.74, 6) is -0.323. The van der Waals surface area contributed by atoms with Crippen LogP contribution in [0.5, 0.6) is 0 Å². The molecule has 0 bridgehead atoms. The first kappa shape index (κ1) is 13.9. The average Bonchev–Trinajstić information content (AvgIpc) is 2.48. The number of nitrogen functional groups attached to an aromatic ring is 1. The van der Waals surface area contributed by atoms with Crippen LogP contribution in [0.25, 0.3) is 0 Å². The van der Waals surface area contributed by atoms with Crippen LogP contribution >= 0.6 is 0 Å². The van der Waals surface area contributed by atoms with Crippen molar-refractivity contribution in [1.29, 1.82) is 0 Å². The molecular formula is C16H18N2O2. The predicted molar refractivity (Wildman–Crippen MR) is 80.7 cm³/mol. The van der Waals surface area contributed by atoms with E-state index in [0.717, 1.165) is 22.5 Å². The molecule has 4 nitrogen and oxygen atoms in total. The van der Waals surface area contributed by atoms with Crippen LogP contribution < -0.4 is 11.1 Å². The second kappa shape index (κ2) is 6.10. The van der Waals surface area contributed by atoms with Crippen molar-refractivity contribution in [2.75, 3.05) is 18.2 Å². The Morgan fingerprint density at radius 1 is 1.20 bits per heavy atom. The highest BCUT2D eigenvalue weighted by Crippen LogP contribution is 2.17. The first-order valence-electron chi connectivity index (χ1n) is 6.37. The van der Waals surface area contributed by atoms with Gasteiger partial charge in [0.15, 0.2) is 0 Å². The van der Waals surface area contributed by atoms with Gasteiger partial charge < -0.3 is 15.8 Å². The lowest BCUT2D eigenvalue weighted by Crippen LogP contribution is -2.03. The van der Waals surface area contributed by atoms with Gasteiger partial charge in [-0.25, -0.2) is 4.79 Å². The summed E-state index contributed by atoms with van der Waals surface area (Å²) in [5.41, 5.74) is 10.3. The van der Waals surface area contributed by atoms with Crippen molar-refractivity contribution in [3.8, 4) is 0 Å². The number of methoxy groups -OCH3 is 1. The topological polar surface area (TPSA) is 64.3 Å². The Hall–Kier alpha value is -2.49. The van der Waals surface area contributed by atoms with Gasteiger partial charge in [0, 0.05) is 17.9 Å². The summed E-state index contributed by atoms with van der Waals surface area (Å²) in [6.07, 6.45) is 0. The van der Waals surface area contributed by atoms with Gasteiger partial charge in [-0.3, -0.25) is 0 Å². The first-order chi connectivity index (χ1) is 9.60. The van der Waals surface area contributed by atoms with E-state index in [0.29, 0.717) is 12.1 Å². The zero-order chi connectivity index (χ0) is 14.5. The molecule has 104 valence electrons. The smallest absolute Gasteiger partial charge is 0.337 e. The van der Waals surface area contributed by atoms with Gasteiger partial charge in [0.25, 0.3) is 0 Å². The standard InChI is InChI=1S/C16H18N2O2/c1-11-3-8-14(9-15(11)17)18-10-12-4-6-13(7-5-12)16(19)20-2/h3-9,18H,10,17H2,1-2H3. The molecule has 0 aliphatic carbocycles. The molecular weight excluding hydrogens is 252 g/mol. The third kappa shape index (κ3) is 3.29. The Morgan fingerprint density at radius 2 is 1.90 bits per heavy atom. The molecule has 0 radical (unpaired) electrons. The van der Waals surface area contributed by atoms with Gasteiger partial charge in [0.2, 0.25) is 0 Å². The molecule has 0 atom stereocenters. The van der Waals surface area contributed by atoms with Gasteiger partial charge in [-0.15, -0.1) is 0 Å². The molecule has 20 heavy (non-hydrogen) atoms. The van der Waals surface area contributed by atoms with Crippen LogP contribution in [0.1, 0.15) is 21.5 Å². The summed E-state index contributed by atoms with van der Waals surface area (Å²) in [7, 11) is 1.37. The highest BCUT2D eigenvalue weighted by atomic mass is 16.5. The number of rotatable bonds is 4. The van der Waals surface area contributed by atoms with Crippen molar-refractivity contribution in [3.05, 3.63) is 59.2 Å². The Balaban J connectivity index is 2.00. The molecule has 0 aliphatic rings. The van der Waals surface area contributed by atoms with E-state index in [4.69, 9.17) is 5.73 Å². The number of anilines is 2. The van der Waals surface area contributed by atoms with Crippen LogP contribution in [0, 0.1) is 6.92 Å². The second-order valence-electron chi connectivity index (χ2n) is 4.61. The number of hydrogen-bond donors (Lipinski definition) is 2. The maximum atomic E-state index is 11.3. The van der Waals surface area contributed by atoms with Gasteiger partial charge in [0.1, 0.15) is 0 Å². The zero-order valence-electron chi connectivity index (χ0n) is 11.6. The number of ether oxygens (including phenoxy) is 1. The number of carbonyl (C=O) groups is 1. The summed E-state index contributed by atoms with van der Waals surface area (Å²) in [6, 6.07) is 13.2.